The Morgan fingerprint density at radius 2 is 2.20 bits per heavy atom. The van der Waals surface area contributed by atoms with Gasteiger partial charge in [0.2, 0.25) is 10.0 Å². The van der Waals surface area contributed by atoms with E-state index in [0.717, 1.165) is 17.3 Å². The molecular formula is C12H18N4O3S. The van der Waals surface area contributed by atoms with Crippen LogP contribution in [0.25, 0.3) is 11.0 Å². The number of nitrogens with one attached hydrogen (secondary N) is 1. The monoisotopic (exact) mass is 298 g/mol. The van der Waals surface area contributed by atoms with E-state index in [2.05, 4.69) is 9.71 Å². The van der Waals surface area contributed by atoms with Crippen LogP contribution in [0, 0.1) is 0 Å². The van der Waals surface area contributed by atoms with Crippen molar-refractivity contribution >= 4 is 26.7 Å². The molecule has 2 aromatic rings. The van der Waals surface area contributed by atoms with Crippen molar-refractivity contribution < 1.29 is 13.5 Å². The summed E-state index contributed by atoms with van der Waals surface area (Å²) in [7, 11) is -3.17. The number of nitrogens with zero attached hydrogens (tertiary/aromatic N) is 2. The van der Waals surface area contributed by atoms with Gasteiger partial charge in [0.05, 0.1) is 17.3 Å². The van der Waals surface area contributed by atoms with E-state index in [1.807, 2.05) is 10.6 Å². The van der Waals surface area contributed by atoms with Gasteiger partial charge < -0.3 is 15.4 Å². The molecule has 0 fully saturated rings. The van der Waals surface area contributed by atoms with Crippen molar-refractivity contribution in [1.29, 1.82) is 0 Å². The highest BCUT2D eigenvalue weighted by atomic mass is 32.2. The number of aromatic nitrogens is 2. The Hall–Kier alpha value is -1.64. The molecule has 7 nitrogen and oxygen atoms in total. The quantitative estimate of drug-likeness (QED) is 0.515. The summed E-state index contributed by atoms with van der Waals surface area (Å²) in [4.78, 5) is 4.31. The Labute approximate surface area is 117 Å². The van der Waals surface area contributed by atoms with Gasteiger partial charge in [-0.1, -0.05) is 0 Å². The first-order valence-corrected chi connectivity index (χ1v) is 8.10. The highest BCUT2D eigenvalue weighted by Crippen LogP contribution is 2.19. The number of aryl methyl sites for hydroxylation is 1. The molecule has 0 saturated carbocycles. The molecule has 1 heterocycles. The summed E-state index contributed by atoms with van der Waals surface area (Å²) in [6, 6.07) is 5.37. The zero-order valence-electron chi connectivity index (χ0n) is 11.2. The zero-order chi connectivity index (χ0) is 14.8. The van der Waals surface area contributed by atoms with E-state index in [-0.39, 0.29) is 6.61 Å². The fourth-order valence-corrected chi connectivity index (χ4v) is 2.58. The summed E-state index contributed by atoms with van der Waals surface area (Å²) < 4.78 is 26.3. The number of rotatable bonds is 6. The van der Waals surface area contributed by atoms with Crippen molar-refractivity contribution in [2.45, 2.75) is 19.6 Å². The molecule has 4 N–H and O–H groups in total. The molecule has 0 saturated heterocycles. The van der Waals surface area contributed by atoms with Crippen LogP contribution in [-0.2, 0) is 23.2 Å². The molecule has 1 aromatic heterocycles. The number of imidazole rings is 1. The van der Waals surface area contributed by atoms with E-state index in [1.165, 1.54) is 0 Å². The summed E-state index contributed by atoms with van der Waals surface area (Å²) in [6.45, 7) is 0.741. The van der Waals surface area contributed by atoms with Gasteiger partial charge in [-0.3, -0.25) is 0 Å². The van der Waals surface area contributed by atoms with E-state index < -0.39 is 10.0 Å². The minimum Gasteiger partial charge on any atom is -0.399 e. The molecule has 110 valence electrons. The molecule has 0 spiro atoms. The summed E-state index contributed by atoms with van der Waals surface area (Å²) >= 11 is 0. The van der Waals surface area contributed by atoms with Crippen molar-refractivity contribution in [3.05, 3.63) is 24.0 Å². The summed E-state index contributed by atoms with van der Waals surface area (Å²) in [5, 5.41) is 9.35. The number of nitrogens with two attached hydrogens (primary N) is 1. The number of nitrogen functional groups attached to an aromatic ring is 1. The lowest BCUT2D eigenvalue weighted by Gasteiger charge is -2.08. The number of benzene rings is 1. The van der Waals surface area contributed by atoms with Crippen molar-refractivity contribution in [3.63, 3.8) is 0 Å². The van der Waals surface area contributed by atoms with Crippen molar-refractivity contribution in [2.24, 2.45) is 0 Å². The highest BCUT2D eigenvalue weighted by Gasteiger charge is 2.10. The van der Waals surface area contributed by atoms with E-state index >= 15 is 0 Å². The predicted molar refractivity (Wildman–Crippen MR) is 77.5 cm³/mol. The first-order valence-electron chi connectivity index (χ1n) is 6.21. The van der Waals surface area contributed by atoms with Crippen LogP contribution >= 0.6 is 0 Å². The third kappa shape index (κ3) is 3.47. The van der Waals surface area contributed by atoms with Gasteiger partial charge in [0.25, 0.3) is 0 Å². The van der Waals surface area contributed by atoms with E-state index in [1.54, 1.807) is 12.1 Å². The smallest absolute Gasteiger partial charge is 0.208 e. The number of fused-ring (bicyclic) bond motifs is 1. The Balaban J connectivity index is 2.16. The van der Waals surface area contributed by atoms with E-state index in [4.69, 9.17) is 5.73 Å². The van der Waals surface area contributed by atoms with E-state index in [0.29, 0.717) is 31.0 Å². The van der Waals surface area contributed by atoms with Crippen molar-refractivity contribution in [1.82, 2.24) is 14.3 Å². The summed E-state index contributed by atoms with van der Waals surface area (Å²) in [5.74, 6) is 0.546. The topological polar surface area (TPSA) is 110 Å². The number of sulfonamides is 1. The molecule has 8 heteroatoms. The van der Waals surface area contributed by atoms with E-state index in [9.17, 15) is 13.5 Å². The number of aliphatic hydroxyl groups excluding tert-OH is 1. The minimum atomic E-state index is -3.17. The van der Waals surface area contributed by atoms with Gasteiger partial charge in [0, 0.05) is 18.8 Å². The van der Waals surface area contributed by atoms with Gasteiger partial charge >= 0.3 is 0 Å². The molecule has 20 heavy (non-hydrogen) atoms. The molecule has 0 aliphatic rings. The van der Waals surface area contributed by atoms with Gasteiger partial charge in [0.15, 0.2) is 0 Å². The minimum absolute atomic E-state index is 0.173. The maximum atomic E-state index is 11.0. The predicted octanol–water partition coefficient (Wildman–Crippen LogP) is 0.0501. The van der Waals surface area contributed by atoms with Crippen LogP contribution in [0.2, 0.25) is 0 Å². The standard InChI is InChI=1S/C12H18N4O3S/c1-20(18,19)14-5-2-6-16-11-4-3-9(13)7-10(11)15-12(16)8-17/h3-4,7,14,17H,2,5-6,8,13H2,1H3. The maximum absolute atomic E-state index is 11.0. The lowest BCUT2D eigenvalue weighted by Crippen LogP contribution is -2.24. The lowest BCUT2D eigenvalue weighted by atomic mass is 10.3. The summed E-state index contributed by atoms with van der Waals surface area (Å²) in [5.41, 5.74) is 7.93. The van der Waals surface area contributed by atoms with Crippen LogP contribution in [-0.4, -0.2) is 35.9 Å². The van der Waals surface area contributed by atoms with Crippen LogP contribution in [0.1, 0.15) is 12.2 Å². The fourth-order valence-electron chi connectivity index (χ4n) is 2.06. The SMILES string of the molecule is CS(=O)(=O)NCCCn1c(CO)nc2cc(N)ccc21. The van der Waals surface area contributed by atoms with Crippen LogP contribution in [0.4, 0.5) is 5.69 Å². The fraction of sp³-hybridized carbons (Fsp3) is 0.417. The second-order valence-corrected chi connectivity index (χ2v) is 6.44. The van der Waals surface area contributed by atoms with Gasteiger partial charge in [-0.15, -0.1) is 0 Å². The first kappa shape index (κ1) is 14.8. The van der Waals surface area contributed by atoms with Crippen LogP contribution in [0.15, 0.2) is 18.2 Å². The summed E-state index contributed by atoms with van der Waals surface area (Å²) in [6.07, 6.45) is 1.73. The lowest BCUT2D eigenvalue weighted by molar-refractivity contribution is 0.265. The molecule has 0 unspecified atom stereocenters. The van der Waals surface area contributed by atoms with Crippen molar-refractivity contribution in [3.8, 4) is 0 Å². The van der Waals surface area contributed by atoms with Gasteiger partial charge in [0.1, 0.15) is 12.4 Å². The van der Waals surface area contributed by atoms with Gasteiger partial charge in [-0.2, -0.15) is 0 Å². The van der Waals surface area contributed by atoms with Gasteiger partial charge in [-0.25, -0.2) is 18.1 Å². The van der Waals surface area contributed by atoms with Crippen LogP contribution < -0.4 is 10.5 Å². The molecule has 0 aliphatic heterocycles. The average molecular weight is 298 g/mol. The molecule has 2 rings (SSSR count). The van der Waals surface area contributed by atoms with Crippen LogP contribution in [0.3, 0.4) is 0 Å². The first-order chi connectivity index (χ1) is 9.40. The molecular weight excluding hydrogens is 280 g/mol. The second kappa shape index (κ2) is 5.78. The van der Waals surface area contributed by atoms with Gasteiger partial charge in [-0.05, 0) is 24.6 Å². The molecule has 0 atom stereocenters. The second-order valence-electron chi connectivity index (χ2n) is 4.61. The Morgan fingerprint density at radius 1 is 1.45 bits per heavy atom. The number of hydrogen-bond acceptors (Lipinski definition) is 5. The normalized spacial score (nSPS) is 12.1. The number of aliphatic hydroxyl groups is 1. The third-order valence-electron chi connectivity index (χ3n) is 2.92. The molecule has 0 bridgehead atoms. The van der Waals surface area contributed by atoms with Crippen molar-refractivity contribution in [2.75, 3.05) is 18.5 Å². The average Bonchev–Trinajstić information content (AvgIpc) is 2.70. The molecule has 1 aromatic carbocycles. The Kier molecular flexibility index (Phi) is 4.26. The Morgan fingerprint density at radius 3 is 2.85 bits per heavy atom. The molecule has 0 radical (unpaired) electrons. The van der Waals surface area contributed by atoms with Crippen LogP contribution in [0.5, 0.6) is 0 Å². The largest absolute Gasteiger partial charge is 0.399 e. The molecule has 0 amide bonds. The number of hydrogen-bond donors (Lipinski definition) is 3. The zero-order valence-corrected chi connectivity index (χ0v) is 12.0. The third-order valence-corrected chi connectivity index (χ3v) is 3.64. The maximum Gasteiger partial charge on any atom is 0.208 e. The number of anilines is 1. The Bertz CT molecular complexity index is 709. The highest BCUT2D eigenvalue weighted by molar-refractivity contribution is 7.88. The molecule has 0 aliphatic carbocycles.